The average Bonchev–Trinajstić information content (AvgIpc) is 2.83. The first-order valence-corrected chi connectivity index (χ1v) is 6.68. The molecule has 0 radical (unpaired) electrons. The molecular weight excluding hydrogens is 276 g/mol. The van der Waals surface area contributed by atoms with Crippen molar-refractivity contribution in [3.8, 4) is 0 Å². The van der Waals surface area contributed by atoms with Crippen molar-refractivity contribution in [3.05, 3.63) is 35.4 Å². The molecule has 0 spiro atoms. The van der Waals surface area contributed by atoms with Crippen molar-refractivity contribution in [2.75, 3.05) is 11.6 Å². The maximum Gasteiger partial charge on any atom is 0.327 e. The van der Waals surface area contributed by atoms with Gasteiger partial charge in [-0.05, 0) is 17.7 Å². The maximum atomic E-state index is 13.0. The Morgan fingerprint density at radius 2 is 2.11 bits per heavy atom. The summed E-state index contributed by atoms with van der Waals surface area (Å²) in [5, 5.41) is 8.96. The lowest BCUT2D eigenvalue weighted by Gasteiger charge is -2.20. The number of hydrogen-bond donors (Lipinski definition) is 1. The van der Waals surface area contributed by atoms with Crippen LogP contribution in [0.4, 0.5) is 8.78 Å². The van der Waals surface area contributed by atoms with E-state index in [2.05, 4.69) is 0 Å². The average molecular weight is 287 g/mol. The Balaban J connectivity index is 2.08. The first kappa shape index (κ1) is 13.8. The van der Waals surface area contributed by atoms with Crippen molar-refractivity contribution < 1.29 is 23.5 Å². The first-order valence-electron chi connectivity index (χ1n) is 5.53. The van der Waals surface area contributed by atoms with Gasteiger partial charge in [0.15, 0.2) is 11.6 Å². The van der Waals surface area contributed by atoms with Crippen molar-refractivity contribution in [1.82, 2.24) is 4.90 Å². The molecule has 4 nitrogen and oxygen atoms in total. The van der Waals surface area contributed by atoms with Crippen molar-refractivity contribution in [3.63, 3.8) is 0 Å². The number of benzene rings is 1. The van der Waals surface area contributed by atoms with Crippen LogP contribution in [0.5, 0.6) is 0 Å². The SMILES string of the molecule is O=C(O)[C@@H]1CSCN1C(=O)Cc1ccc(F)c(F)c1. The molecule has 7 heteroatoms. The number of halogens is 2. The third kappa shape index (κ3) is 3.04. The summed E-state index contributed by atoms with van der Waals surface area (Å²) < 4.78 is 25.8. The summed E-state index contributed by atoms with van der Waals surface area (Å²) in [6.07, 6.45) is -0.137. The van der Waals surface area contributed by atoms with E-state index in [1.165, 1.54) is 22.7 Å². The molecule has 0 unspecified atom stereocenters. The molecule has 1 aromatic carbocycles. The van der Waals surface area contributed by atoms with E-state index in [-0.39, 0.29) is 6.42 Å². The number of amides is 1. The molecule has 2 rings (SSSR count). The molecule has 1 heterocycles. The number of aliphatic carboxylic acids is 1. The van der Waals surface area contributed by atoms with Crippen LogP contribution >= 0.6 is 11.8 Å². The quantitative estimate of drug-likeness (QED) is 0.915. The Morgan fingerprint density at radius 3 is 2.74 bits per heavy atom. The molecule has 0 aromatic heterocycles. The second kappa shape index (κ2) is 5.56. The van der Waals surface area contributed by atoms with Gasteiger partial charge in [-0.25, -0.2) is 13.6 Å². The van der Waals surface area contributed by atoms with Gasteiger partial charge in [-0.15, -0.1) is 11.8 Å². The fourth-order valence-electron chi connectivity index (χ4n) is 1.82. The Morgan fingerprint density at radius 1 is 1.37 bits per heavy atom. The molecule has 0 saturated carbocycles. The maximum absolute atomic E-state index is 13.0. The van der Waals surface area contributed by atoms with E-state index >= 15 is 0 Å². The second-order valence-electron chi connectivity index (χ2n) is 4.14. The Labute approximate surface area is 112 Å². The highest BCUT2D eigenvalue weighted by Crippen LogP contribution is 2.22. The van der Waals surface area contributed by atoms with Gasteiger partial charge in [-0.1, -0.05) is 6.07 Å². The van der Waals surface area contributed by atoms with E-state index in [1.807, 2.05) is 0 Å². The minimum atomic E-state index is -1.05. The summed E-state index contributed by atoms with van der Waals surface area (Å²) in [4.78, 5) is 24.2. The molecule has 1 atom stereocenters. The van der Waals surface area contributed by atoms with E-state index in [4.69, 9.17) is 5.11 Å². The van der Waals surface area contributed by atoms with Crippen molar-refractivity contribution in [2.24, 2.45) is 0 Å². The molecule has 1 amide bonds. The van der Waals surface area contributed by atoms with Gasteiger partial charge in [0.1, 0.15) is 6.04 Å². The molecule has 102 valence electrons. The number of thioether (sulfide) groups is 1. The smallest absolute Gasteiger partial charge is 0.327 e. The van der Waals surface area contributed by atoms with E-state index < -0.39 is 29.6 Å². The third-order valence-corrected chi connectivity index (χ3v) is 3.84. The van der Waals surface area contributed by atoms with Gasteiger partial charge in [0, 0.05) is 5.75 Å². The van der Waals surface area contributed by atoms with E-state index in [1.54, 1.807) is 0 Å². The molecule has 1 fully saturated rings. The van der Waals surface area contributed by atoms with Crippen LogP contribution in [0.2, 0.25) is 0 Å². The summed E-state index contributed by atoms with van der Waals surface area (Å²) >= 11 is 1.35. The van der Waals surface area contributed by atoms with Gasteiger partial charge >= 0.3 is 5.97 Å². The van der Waals surface area contributed by atoms with Crippen LogP contribution in [0, 0.1) is 11.6 Å². The molecule has 0 bridgehead atoms. The Kier molecular flexibility index (Phi) is 4.04. The normalized spacial score (nSPS) is 18.6. The largest absolute Gasteiger partial charge is 0.480 e. The zero-order valence-corrected chi connectivity index (χ0v) is 10.6. The molecule has 1 N–H and O–H groups in total. The summed E-state index contributed by atoms with van der Waals surface area (Å²) in [6.45, 7) is 0. The second-order valence-corrected chi connectivity index (χ2v) is 5.14. The minimum Gasteiger partial charge on any atom is -0.480 e. The number of nitrogens with zero attached hydrogens (tertiary/aromatic N) is 1. The summed E-state index contributed by atoms with van der Waals surface area (Å²) in [7, 11) is 0. The lowest BCUT2D eigenvalue weighted by Crippen LogP contribution is -2.42. The van der Waals surface area contributed by atoms with Crippen LogP contribution < -0.4 is 0 Å². The highest BCUT2D eigenvalue weighted by atomic mass is 32.2. The highest BCUT2D eigenvalue weighted by molar-refractivity contribution is 7.99. The van der Waals surface area contributed by atoms with Gasteiger partial charge in [0.2, 0.25) is 5.91 Å². The summed E-state index contributed by atoms with van der Waals surface area (Å²) in [5.41, 5.74) is 0.324. The van der Waals surface area contributed by atoms with E-state index in [0.29, 0.717) is 17.2 Å². The number of hydrogen-bond acceptors (Lipinski definition) is 3. The number of carbonyl (C=O) groups is 2. The predicted molar refractivity (Wildman–Crippen MR) is 65.7 cm³/mol. The monoisotopic (exact) mass is 287 g/mol. The van der Waals surface area contributed by atoms with E-state index in [9.17, 15) is 18.4 Å². The standard InChI is InChI=1S/C12H11F2NO3S/c13-8-2-1-7(3-9(8)14)4-11(16)15-6-19-5-10(15)12(17)18/h1-3,10H,4-6H2,(H,17,18)/t10-/m0/s1. The summed E-state index contributed by atoms with van der Waals surface area (Å²) in [6, 6.07) is 2.37. The van der Waals surface area contributed by atoms with Crippen molar-refractivity contribution in [1.29, 1.82) is 0 Å². The van der Waals surface area contributed by atoms with Gasteiger partial charge < -0.3 is 10.0 Å². The van der Waals surface area contributed by atoms with Crippen LogP contribution in [-0.2, 0) is 16.0 Å². The minimum absolute atomic E-state index is 0.137. The lowest BCUT2D eigenvalue weighted by atomic mass is 10.1. The Bertz CT molecular complexity index is 524. The fourth-order valence-corrected chi connectivity index (χ4v) is 2.99. The molecule has 1 aromatic rings. The zero-order chi connectivity index (χ0) is 14.0. The number of carboxylic acid groups (broad SMARTS) is 1. The number of carbonyl (C=O) groups excluding carboxylic acids is 1. The van der Waals surface area contributed by atoms with Gasteiger partial charge in [-0.2, -0.15) is 0 Å². The third-order valence-electron chi connectivity index (χ3n) is 2.83. The molecule has 19 heavy (non-hydrogen) atoms. The lowest BCUT2D eigenvalue weighted by molar-refractivity contribution is -0.147. The predicted octanol–water partition coefficient (Wildman–Crippen LogP) is 1.49. The molecule has 1 saturated heterocycles. The molecule has 1 aliphatic rings. The number of rotatable bonds is 3. The Hall–Kier alpha value is -1.63. The van der Waals surface area contributed by atoms with Crippen LogP contribution in [-0.4, -0.2) is 39.6 Å². The molecule has 0 aliphatic carbocycles. The van der Waals surface area contributed by atoms with E-state index in [0.717, 1.165) is 12.1 Å². The topological polar surface area (TPSA) is 57.6 Å². The molecule has 1 aliphatic heterocycles. The first-order chi connectivity index (χ1) is 8.99. The molecular formula is C12H11F2NO3S. The highest BCUT2D eigenvalue weighted by Gasteiger charge is 2.34. The van der Waals surface area contributed by atoms with Crippen molar-refractivity contribution >= 4 is 23.6 Å². The fraction of sp³-hybridized carbons (Fsp3) is 0.333. The van der Waals surface area contributed by atoms with Crippen LogP contribution in [0.3, 0.4) is 0 Å². The van der Waals surface area contributed by atoms with Gasteiger partial charge in [-0.3, -0.25) is 4.79 Å². The van der Waals surface area contributed by atoms with Crippen LogP contribution in [0.25, 0.3) is 0 Å². The van der Waals surface area contributed by atoms with Gasteiger partial charge in [0.25, 0.3) is 0 Å². The van der Waals surface area contributed by atoms with Crippen LogP contribution in [0.15, 0.2) is 18.2 Å². The van der Waals surface area contributed by atoms with Gasteiger partial charge in [0.05, 0.1) is 12.3 Å². The number of carboxylic acids is 1. The van der Waals surface area contributed by atoms with Crippen LogP contribution in [0.1, 0.15) is 5.56 Å². The summed E-state index contributed by atoms with van der Waals surface area (Å²) in [5.74, 6) is -2.79. The van der Waals surface area contributed by atoms with Crippen molar-refractivity contribution in [2.45, 2.75) is 12.5 Å². The zero-order valence-electron chi connectivity index (χ0n) is 9.81.